The van der Waals surface area contributed by atoms with Gasteiger partial charge in [0, 0.05) is 5.92 Å². The lowest BCUT2D eigenvalue weighted by molar-refractivity contribution is 0.225. The van der Waals surface area contributed by atoms with E-state index in [1.165, 1.54) is 44.2 Å². The Kier molecular flexibility index (Phi) is 2.45. The first-order chi connectivity index (χ1) is 7.78. The SMILES string of the molecule is CC1(C2CCC(C3=NNN=NC3)CC2)CC1. The molecule has 0 aromatic heterocycles. The van der Waals surface area contributed by atoms with Crippen LogP contribution in [0.5, 0.6) is 0 Å². The third-order valence-corrected chi connectivity index (χ3v) is 4.76. The predicted octanol–water partition coefficient (Wildman–Crippen LogP) is 2.92. The molecule has 4 nitrogen and oxygen atoms in total. The van der Waals surface area contributed by atoms with E-state index in [1.54, 1.807) is 0 Å². The van der Waals surface area contributed by atoms with Crippen molar-refractivity contribution in [3.8, 4) is 0 Å². The second-order valence-corrected chi connectivity index (χ2v) is 5.81. The van der Waals surface area contributed by atoms with Crippen LogP contribution in [0.15, 0.2) is 15.4 Å². The highest BCUT2D eigenvalue weighted by molar-refractivity contribution is 5.88. The van der Waals surface area contributed by atoms with Gasteiger partial charge in [-0.25, -0.2) is 0 Å². The van der Waals surface area contributed by atoms with Crippen LogP contribution in [-0.2, 0) is 0 Å². The van der Waals surface area contributed by atoms with Gasteiger partial charge in [0.2, 0.25) is 0 Å². The van der Waals surface area contributed by atoms with Gasteiger partial charge in [0.25, 0.3) is 0 Å². The lowest BCUT2D eigenvalue weighted by atomic mass is 9.73. The van der Waals surface area contributed by atoms with Crippen LogP contribution in [0.2, 0.25) is 0 Å². The van der Waals surface area contributed by atoms with Crippen molar-refractivity contribution >= 4 is 5.71 Å². The maximum Gasteiger partial charge on any atom is 0.102 e. The number of hydrogen-bond donors (Lipinski definition) is 1. The molecule has 0 spiro atoms. The average Bonchev–Trinajstić information content (AvgIpc) is 3.10. The van der Waals surface area contributed by atoms with E-state index in [0.717, 1.165) is 5.92 Å². The summed E-state index contributed by atoms with van der Waals surface area (Å²) in [5.41, 5.74) is 4.55. The van der Waals surface area contributed by atoms with Gasteiger partial charge in [0.1, 0.15) is 6.54 Å². The van der Waals surface area contributed by atoms with E-state index in [4.69, 9.17) is 0 Å². The first-order valence-corrected chi connectivity index (χ1v) is 6.46. The molecule has 0 atom stereocenters. The molecule has 2 saturated carbocycles. The van der Waals surface area contributed by atoms with Crippen LogP contribution in [-0.4, -0.2) is 12.3 Å². The molecule has 0 aromatic rings. The van der Waals surface area contributed by atoms with Gasteiger partial charge in [-0.3, -0.25) is 0 Å². The number of nitrogens with one attached hydrogen (secondary N) is 1. The van der Waals surface area contributed by atoms with Crippen molar-refractivity contribution in [3.63, 3.8) is 0 Å². The van der Waals surface area contributed by atoms with E-state index in [1.807, 2.05) is 0 Å². The highest BCUT2D eigenvalue weighted by atomic mass is 15.6. The molecular weight excluding hydrogens is 200 g/mol. The topological polar surface area (TPSA) is 49.1 Å². The summed E-state index contributed by atoms with van der Waals surface area (Å²) in [5.74, 6) is 1.63. The van der Waals surface area contributed by atoms with E-state index in [2.05, 4.69) is 27.9 Å². The molecule has 3 rings (SSSR count). The third-order valence-electron chi connectivity index (χ3n) is 4.76. The largest absolute Gasteiger partial charge is 0.179 e. The normalized spacial score (nSPS) is 36.4. The fraction of sp³-hybridized carbons (Fsp3) is 0.917. The zero-order valence-electron chi connectivity index (χ0n) is 9.95. The Morgan fingerprint density at radius 1 is 1.19 bits per heavy atom. The van der Waals surface area contributed by atoms with Crippen molar-refractivity contribution in [3.05, 3.63) is 0 Å². The summed E-state index contributed by atoms with van der Waals surface area (Å²) in [6.07, 6.45) is 8.29. The molecule has 3 aliphatic rings. The molecule has 1 heterocycles. The smallest absolute Gasteiger partial charge is 0.102 e. The van der Waals surface area contributed by atoms with Gasteiger partial charge in [-0.05, 0) is 49.9 Å². The minimum atomic E-state index is 0.658. The molecule has 2 aliphatic carbocycles. The Hall–Kier alpha value is -0.930. The van der Waals surface area contributed by atoms with Crippen LogP contribution in [0.4, 0.5) is 0 Å². The van der Waals surface area contributed by atoms with Gasteiger partial charge in [-0.2, -0.15) is 15.8 Å². The monoisotopic (exact) mass is 220 g/mol. The minimum absolute atomic E-state index is 0.658. The van der Waals surface area contributed by atoms with Crippen molar-refractivity contribution in [1.29, 1.82) is 0 Å². The van der Waals surface area contributed by atoms with Crippen LogP contribution in [0.25, 0.3) is 0 Å². The van der Waals surface area contributed by atoms with Crippen molar-refractivity contribution in [2.24, 2.45) is 32.7 Å². The molecule has 16 heavy (non-hydrogen) atoms. The number of hydrogen-bond acceptors (Lipinski definition) is 4. The van der Waals surface area contributed by atoms with E-state index < -0.39 is 0 Å². The first-order valence-electron chi connectivity index (χ1n) is 6.46. The lowest BCUT2D eigenvalue weighted by Crippen LogP contribution is -2.29. The fourth-order valence-electron chi connectivity index (χ4n) is 3.21. The standard InChI is InChI=1S/C12H20N4/c1-12(6-7-12)10-4-2-9(3-5-10)11-8-13-15-16-14-11/h9-10H,2-8H2,1H3,(H,13,16). The summed E-state index contributed by atoms with van der Waals surface area (Å²) >= 11 is 0. The van der Waals surface area contributed by atoms with Crippen LogP contribution >= 0.6 is 0 Å². The molecular formula is C12H20N4. The van der Waals surface area contributed by atoms with E-state index in [9.17, 15) is 0 Å². The summed E-state index contributed by atoms with van der Waals surface area (Å²) in [4.78, 5) is 0. The van der Waals surface area contributed by atoms with Crippen LogP contribution < -0.4 is 5.53 Å². The first kappa shape index (κ1) is 10.2. The zero-order valence-corrected chi connectivity index (χ0v) is 9.95. The summed E-state index contributed by atoms with van der Waals surface area (Å²) in [6, 6.07) is 0. The average molecular weight is 220 g/mol. The number of rotatable bonds is 2. The van der Waals surface area contributed by atoms with Crippen molar-refractivity contribution < 1.29 is 0 Å². The molecule has 2 fully saturated rings. The third kappa shape index (κ3) is 1.85. The highest BCUT2D eigenvalue weighted by Gasteiger charge is 2.45. The van der Waals surface area contributed by atoms with Crippen molar-refractivity contribution in [2.45, 2.75) is 45.4 Å². The van der Waals surface area contributed by atoms with Gasteiger partial charge in [0.05, 0.1) is 5.71 Å². The Morgan fingerprint density at radius 3 is 2.50 bits per heavy atom. The van der Waals surface area contributed by atoms with Gasteiger partial charge in [0.15, 0.2) is 0 Å². The predicted molar refractivity (Wildman–Crippen MR) is 63.1 cm³/mol. The lowest BCUT2D eigenvalue weighted by Gasteiger charge is -2.32. The summed E-state index contributed by atoms with van der Waals surface area (Å²) in [7, 11) is 0. The summed E-state index contributed by atoms with van der Waals surface area (Å²) < 4.78 is 0. The van der Waals surface area contributed by atoms with Gasteiger partial charge < -0.3 is 0 Å². The molecule has 0 unspecified atom stereocenters. The molecule has 0 aromatic carbocycles. The zero-order chi connectivity index (χ0) is 11.0. The Balaban J connectivity index is 1.56. The van der Waals surface area contributed by atoms with Gasteiger partial charge in [-0.15, -0.1) is 0 Å². The molecule has 88 valence electrons. The summed E-state index contributed by atoms with van der Waals surface area (Å²) in [5, 5.41) is 11.9. The van der Waals surface area contributed by atoms with E-state index in [-0.39, 0.29) is 0 Å². The molecule has 1 aliphatic heterocycles. The second kappa shape index (κ2) is 3.82. The summed E-state index contributed by atoms with van der Waals surface area (Å²) in [6.45, 7) is 3.17. The number of hydrazone groups is 1. The number of nitrogens with zero attached hydrogens (tertiary/aromatic N) is 3. The van der Waals surface area contributed by atoms with Crippen molar-refractivity contribution in [1.82, 2.24) is 5.53 Å². The van der Waals surface area contributed by atoms with Crippen LogP contribution in [0.1, 0.15) is 45.4 Å². The second-order valence-electron chi connectivity index (χ2n) is 5.81. The quantitative estimate of drug-likeness (QED) is 0.764. The van der Waals surface area contributed by atoms with E-state index >= 15 is 0 Å². The molecule has 1 N–H and O–H groups in total. The maximum absolute atomic E-state index is 4.26. The van der Waals surface area contributed by atoms with Gasteiger partial charge >= 0.3 is 0 Å². The Labute approximate surface area is 96.6 Å². The molecule has 4 heteroatoms. The molecule has 0 radical (unpaired) electrons. The van der Waals surface area contributed by atoms with Crippen LogP contribution in [0.3, 0.4) is 0 Å². The molecule has 0 amide bonds. The Morgan fingerprint density at radius 2 is 1.94 bits per heavy atom. The molecule has 0 bridgehead atoms. The van der Waals surface area contributed by atoms with Crippen LogP contribution in [0, 0.1) is 17.3 Å². The molecule has 0 saturated heterocycles. The maximum atomic E-state index is 4.26. The minimum Gasteiger partial charge on any atom is -0.179 e. The fourth-order valence-corrected chi connectivity index (χ4v) is 3.21. The van der Waals surface area contributed by atoms with E-state index in [0.29, 0.717) is 17.9 Å². The Bertz CT molecular complexity index is 322. The highest BCUT2D eigenvalue weighted by Crippen LogP contribution is 2.56. The van der Waals surface area contributed by atoms with Gasteiger partial charge in [-0.1, -0.05) is 12.1 Å². The van der Waals surface area contributed by atoms with Crippen molar-refractivity contribution in [2.75, 3.05) is 6.54 Å².